The number of ether oxygens (including phenoxy) is 1. The van der Waals surface area contributed by atoms with E-state index in [9.17, 15) is 0 Å². The predicted molar refractivity (Wildman–Crippen MR) is 78.1 cm³/mol. The zero-order chi connectivity index (χ0) is 13.0. The van der Waals surface area contributed by atoms with Crippen LogP contribution in [0.2, 0.25) is 0 Å². The van der Waals surface area contributed by atoms with E-state index in [1.807, 2.05) is 24.3 Å². The molecule has 18 heavy (non-hydrogen) atoms. The van der Waals surface area contributed by atoms with Gasteiger partial charge in [-0.2, -0.15) is 0 Å². The van der Waals surface area contributed by atoms with E-state index in [4.69, 9.17) is 4.74 Å². The molecule has 2 aromatic rings. The first kappa shape index (κ1) is 13.5. The Balaban J connectivity index is 2.16. The summed E-state index contributed by atoms with van der Waals surface area (Å²) in [6.07, 6.45) is 2.30. The van der Waals surface area contributed by atoms with Gasteiger partial charge in [-0.25, -0.2) is 9.97 Å². The molecule has 1 aromatic carbocycles. The van der Waals surface area contributed by atoms with E-state index in [2.05, 4.69) is 47.9 Å². The Morgan fingerprint density at radius 1 is 1.28 bits per heavy atom. The highest BCUT2D eigenvalue weighted by molar-refractivity contribution is 9.11. The van der Waals surface area contributed by atoms with Crippen LogP contribution in [0.5, 0.6) is 5.88 Å². The molecular weight excluding hydrogens is 360 g/mol. The van der Waals surface area contributed by atoms with Gasteiger partial charge in [0.1, 0.15) is 6.33 Å². The molecule has 0 aliphatic heterocycles. The molecule has 0 aliphatic carbocycles. The molecule has 5 heteroatoms. The van der Waals surface area contributed by atoms with E-state index >= 15 is 0 Å². The Labute approximate surface area is 123 Å². The largest absolute Gasteiger partial charge is 0.481 e. The molecule has 1 heterocycles. The molecule has 0 radical (unpaired) electrons. The molecule has 2 rings (SSSR count). The minimum atomic E-state index is 0.202. The van der Waals surface area contributed by atoms with E-state index in [1.165, 1.54) is 11.9 Å². The summed E-state index contributed by atoms with van der Waals surface area (Å²) in [5, 5.41) is 0. The highest BCUT2D eigenvalue weighted by Gasteiger charge is 2.12. The minimum Gasteiger partial charge on any atom is -0.481 e. The summed E-state index contributed by atoms with van der Waals surface area (Å²) in [5.74, 6) is 0.590. The van der Waals surface area contributed by atoms with Gasteiger partial charge in [-0.3, -0.25) is 0 Å². The van der Waals surface area contributed by atoms with Crippen molar-refractivity contribution >= 4 is 31.9 Å². The van der Waals surface area contributed by atoms with Gasteiger partial charge in [-0.15, -0.1) is 0 Å². The first-order valence-electron chi connectivity index (χ1n) is 5.44. The molecule has 0 bridgehead atoms. The van der Waals surface area contributed by atoms with Crippen LogP contribution in [0, 0.1) is 0 Å². The SMILES string of the molecule is COc1cc(CC(Br)c2ccccc2Br)ncn1. The third-order valence-electron chi connectivity index (χ3n) is 2.54. The fourth-order valence-electron chi connectivity index (χ4n) is 1.62. The maximum absolute atomic E-state index is 5.09. The second kappa shape index (κ2) is 6.29. The Hall–Kier alpha value is -0.940. The predicted octanol–water partition coefficient (Wildman–Crippen LogP) is 3.93. The van der Waals surface area contributed by atoms with E-state index in [1.54, 1.807) is 7.11 Å². The van der Waals surface area contributed by atoms with Gasteiger partial charge in [0.15, 0.2) is 0 Å². The van der Waals surface area contributed by atoms with Crippen molar-refractivity contribution < 1.29 is 4.74 Å². The summed E-state index contributed by atoms with van der Waals surface area (Å²) >= 11 is 7.24. The van der Waals surface area contributed by atoms with E-state index < -0.39 is 0 Å². The number of aromatic nitrogens is 2. The van der Waals surface area contributed by atoms with Gasteiger partial charge in [0.2, 0.25) is 5.88 Å². The van der Waals surface area contributed by atoms with Crippen LogP contribution < -0.4 is 4.74 Å². The molecule has 1 unspecified atom stereocenters. The summed E-state index contributed by atoms with van der Waals surface area (Å²) in [6.45, 7) is 0. The normalized spacial score (nSPS) is 12.2. The smallest absolute Gasteiger partial charge is 0.216 e. The topological polar surface area (TPSA) is 35.0 Å². The minimum absolute atomic E-state index is 0.202. The van der Waals surface area contributed by atoms with Gasteiger partial charge in [0, 0.05) is 27.5 Å². The van der Waals surface area contributed by atoms with E-state index in [0.29, 0.717) is 5.88 Å². The molecule has 0 spiro atoms. The number of alkyl halides is 1. The fraction of sp³-hybridized carbons (Fsp3) is 0.231. The Bertz CT molecular complexity index is 534. The van der Waals surface area contributed by atoms with E-state index in [0.717, 1.165) is 16.6 Å². The Morgan fingerprint density at radius 3 is 2.78 bits per heavy atom. The number of hydrogen-bond acceptors (Lipinski definition) is 3. The van der Waals surface area contributed by atoms with Gasteiger partial charge in [-0.1, -0.05) is 50.1 Å². The van der Waals surface area contributed by atoms with Crippen LogP contribution in [0.25, 0.3) is 0 Å². The van der Waals surface area contributed by atoms with Crippen molar-refractivity contribution in [3.63, 3.8) is 0 Å². The van der Waals surface area contributed by atoms with Crippen molar-refractivity contribution in [3.05, 3.63) is 52.4 Å². The van der Waals surface area contributed by atoms with Crippen molar-refractivity contribution in [2.75, 3.05) is 7.11 Å². The molecule has 1 atom stereocenters. The highest BCUT2D eigenvalue weighted by atomic mass is 79.9. The highest BCUT2D eigenvalue weighted by Crippen LogP contribution is 2.32. The lowest BCUT2D eigenvalue weighted by atomic mass is 10.1. The first-order chi connectivity index (χ1) is 8.70. The summed E-state index contributed by atoms with van der Waals surface area (Å²) in [4.78, 5) is 8.45. The molecule has 0 fully saturated rings. The quantitative estimate of drug-likeness (QED) is 0.764. The number of nitrogens with zero attached hydrogens (tertiary/aromatic N) is 2. The zero-order valence-corrected chi connectivity index (χ0v) is 13.0. The van der Waals surface area contributed by atoms with Gasteiger partial charge in [0.25, 0.3) is 0 Å². The molecular formula is C13H12Br2N2O. The molecule has 1 aromatic heterocycles. The molecule has 0 amide bonds. The standard InChI is InChI=1S/C13H12Br2N2O/c1-18-13-7-9(16-8-17-13)6-12(15)10-4-2-3-5-11(10)14/h2-5,7-8,12H,6H2,1H3. The van der Waals surface area contributed by atoms with Crippen LogP contribution in [0.15, 0.2) is 41.1 Å². The first-order valence-corrected chi connectivity index (χ1v) is 7.15. The monoisotopic (exact) mass is 370 g/mol. The fourth-order valence-corrected chi connectivity index (χ4v) is 3.22. The van der Waals surface area contributed by atoms with Crippen molar-refractivity contribution in [3.8, 4) is 5.88 Å². The van der Waals surface area contributed by atoms with Crippen molar-refractivity contribution in [1.82, 2.24) is 9.97 Å². The number of halogens is 2. The van der Waals surface area contributed by atoms with Crippen LogP contribution in [0.3, 0.4) is 0 Å². The van der Waals surface area contributed by atoms with Crippen molar-refractivity contribution in [2.45, 2.75) is 11.2 Å². The van der Waals surface area contributed by atoms with Gasteiger partial charge >= 0.3 is 0 Å². The molecule has 0 saturated carbocycles. The maximum atomic E-state index is 5.09. The third kappa shape index (κ3) is 3.29. The molecule has 0 aliphatic rings. The lowest BCUT2D eigenvalue weighted by Gasteiger charge is -2.11. The average molecular weight is 372 g/mol. The zero-order valence-electron chi connectivity index (χ0n) is 9.81. The molecule has 94 valence electrons. The summed E-state index contributed by atoms with van der Waals surface area (Å²) in [7, 11) is 1.60. The van der Waals surface area contributed by atoms with Crippen LogP contribution in [0.4, 0.5) is 0 Å². The summed E-state index contributed by atoms with van der Waals surface area (Å²) < 4.78 is 6.18. The Morgan fingerprint density at radius 2 is 2.06 bits per heavy atom. The van der Waals surface area contributed by atoms with Crippen LogP contribution in [-0.2, 0) is 6.42 Å². The lowest BCUT2D eigenvalue weighted by molar-refractivity contribution is 0.396. The molecule has 0 N–H and O–H groups in total. The number of methoxy groups -OCH3 is 1. The van der Waals surface area contributed by atoms with Gasteiger partial charge < -0.3 is 4.74 Å². The summed E-state index contributed by atoms with van der Waals surface area (Å²) in [6, 6.07) is 9.99. The third-order valence-corrected chi connectivity index (χ3v) is 4.08. The van der Waals surface area contributed by atoms with Crippen molar-refractivity contribution in [1.29, 1.82) is 0 Å². The maximum Gasteiger partial charge on any atom is 0.216 e. The van der Waals surface area contributed by atoms with Crippen LogP contribution >= 0.6 is 31.9 Å². The van der Waals surface area contributed by atoms with Gasteiger partial charge in [-0.05, 0) is 11.6 Å². The average Bonchev–Trinajstić information content (AvgIpc) is 2.39. The number of benzene rings is 1. The van der Waals surface area contributed by atoms with Crippen molar-refractivity contribution in [2.24, 2.45) is 0 Å². The Kier molecular flexibility index (Phi) is 4.72. The number of rotatable bonds is 4. The lowest BCUT2D eigenvalue weighted by Crippen LogP contribution is -2.00. The molecule has 0 saturated heterocycles. The summed E-state index contributed by atoms with van der Waals surface area (Å²) in [5.41, 5.74) is 2.15. The van der Waals surface area contributed by atoms with Crippen LogP contribution in [0.1, 0.15) is 16.1 Å². The second-order valence-corrected chi connectivity index (χ2v) is 5.70. The number of hydrogen-bond donors (Lipinski definition) is 0. The van der Waals surface area contributed by atoms with Crippen LogP contribution in [-0.4, -0.2) is 17.1 Å². The van der Waals surface area contributed by atoms with E-state index in [-0.39, 0.29) is 4.83 Å². The van der Waals surface area contributed by atoms with Gasteiger partial charge in [0.05, 0.1) is 7.11 Å². The molecule has 3 nitrogen and oxygen atoms in total. The second-order valence-electron chi connectivity index (χ2n) is 3.74.